The van der Waals surface area contributed by atoms with Crippen LogP contribution in [0.2, 0.25) is 0 Å². The van der Waals surface area contributed by atoms with Gasteiger partial charge in [-0.05, 0) is 49.8 Å². The van der Waals surface area contributed by atoms with Crippen molar-refractivity contribution in [1.82, 2.24) is 14.9 Å². The molecule has 1 aromatic carbocycles. The molecule has 1 N–H and O–H groups in total. The van der Waals surface area contributed by atoms with Crippen molar-refractivity contribution in [1.29, 1.82) is 0 Å². The highest BCUT2D eigenvalue weighted by Crippen LogP contribution is 2.29. The second-order valence-electron chi connectivity index (χ2n) is 6.34. The van der Waals surface area contributed by atoms with E-state index < -0.39 is 0 Å². The number of nitrogens with one attached hydrogen (secondary N) is 1. The van der Waals surface area contributed by atoms with Gasteiger partial charge in [-0.25, -0.2) is 4.98 Å². The van der Waals surface area contributed by atoms with E-state index in [1.807, 2.05) is 17.0 Å². The van der Waals surface area contributed by atoms with Crippen LogP contribution in [0.1, 0.15) is 41.7 Å². The molecule has 1 fully saturated rings. The average Bonchev–Trinajstić information content (AvgIpc) is 3.20. The largest absolute Gasteiger partial charge is 0.493 e. The van der Waals surface area contributed by atoms with Crippen LogP contribution in [0.3, 0.4) is 0 Å². The van der Waals surface area contributed by atoms with E-state index in [2.05, 4.69) is 16.0 Å². The summed E-state index contributed by atoms with van der Waals surface area (Å²) in [5.41, 5.74) is 1.76. The number of ether oxygens (including phenoxy) is 2. The van der Waals surface area contributed by atoms with Crippen molar-refractivity contribution in [3.05, 3.63) is 42.0 Å². The molecule has 134 valence electrons. The maximum atomic E-state index is 12.7. The number of piperidine rings is 1. The molecule has 1 unspecified atom stereocenters. The molecule has 2 heterocycles. The van der Waals surface area contributed by atoms with E-state index in [1.165, 1.54) is 12.0 Å². The Morgan fingerprint density at radius 1 is 1.28 bits per heavy atom. The number of benzene rings is 1. The van der Waals surface area contributed by atoms with Crippen molar-refractivity contribution >= 4 is 5.91 Å². The smallest absolute Gasteiger partial charge is 0.272 e. The fraction of sp³-hybridized carbons (Fsp3) is 0.474. The van der Waals surface area contributed by atoms with Gasteiger partial charge in [-0.15, -0.1) is 0 Å². The molecule has 0 aliphatic carbocycles. The Balaban J connectivity index is 1.67. The van der Waals surface area contributed by atoms with E-state index in [-0.39, 0.29) is 11.9 Å². The number of aromatic nitrogens is 2. The van der Waals surface area contributed by atoms with Crippen molar-refractivity contribution in [2.24, 2.45) is 0 Å². The lowest BCUT2D eigenvalue weighted by Gasteiger charge is -2.35. The van der Waals surface area contributed by atoms with E-state index in [0.717, 1.165) is 43.7 Å². The Morgan fingerprint density at radius 3 is 2.84 bits per heavy atom. The van der Waals surface area contributed by atoms with Gasteiger partial charge in [0, 0.05) is 12.6 Å². The summed E-state index contributed by atoms with van der Waals surface area (Å²) in [7, 11) is 3.28. The Bertz CT molecular complexity index is 700. The SMILES string of the molecule is COc1ccc(CCC2CCCCN2C(=O)c2cnc[nH]2)cc1OC. The van der Waals surface area contributed by atoms with Crippen LogP contribution in [0.15, 0.2) is 30.7 Å². The molecule has 25 heavy (non-hydrogen) atoms. The molecule has 3 rings (SSSR count). The lowest BCUT2D eigenvalue weighted by Crippen LogP contribution is -2.44. The average molecular weight is 343 g/mol. The molecule has 1 aliphatic rings. The van der Waals surface area contributed by atoms with Gasteiger partial charge in [0.05, 0.1) is 26.7 Å². The zero-order valence-corrected chi connectivity index (χ0v) is 14.8. The minimum atomic E-state index is 0.0505. The number of carbonyl (C=O) groups excluding carboxylic acids is 1. The maximum Gasteiger partial charge on any atom is 0.272 e. The summed E-state index contributed by atoms with van der Waals surface area (Å²) in [6.45, 7) is 0.814. The molecule has 1 atom stereocenters. The van der Waals surface area contributed by atoms with Gasteiger partial charge >= 0.3 is 0 Å². The van der Waals surface area contributed by atoms with Gasteiger partial charge in [0.2, 0.25) is 0 Å². The lowest BCUT2D eigenvalue weighted by atomic mass is 9.95. The van der Waals surface area contributed by atoms with Gasteiger partial charge in [-0.2, -0.15) is 0 Å². The fourth-order valence-corrected chi connectivity index (χ4v) is 3.47. The molecule has 0 spiro atoms. The Labute approximate surface area is 148 Å². The molecule has 6 nitrogen and oxygen atoms in total. The van der Waals surface area contributed by atoms with Gasteiger partial charge < -0.3 is 19.4 Å². The molecular formula is C19H25N3O3. The third-order valence-corrected chi connectivity index (χ3v) is 4.83. The highest BCUT2D eigenvalue weighted by atomic mass is 16.5. The fourth-order valence-electron chi connectivity index (χ4n) is 3.47. The monoisotopic (exact) mass is 343 g/mol. The van der Waals surface area contributed by atoms with Crippen LogP contribution < -0.4 is 9.47 Å². The molecule has 0 radical (unpaired) electrons. The Hall–Kier alpha value is -2.50. The second kappa shape index (κ2) is 8.05. The number of H-pyrrole nitrogens is 1. The van der Waals surface area contributed by atoms with E-state index in [4.69, 9.17) is 9.47 Å². The summed E-state index contributed by atoms with van der Waals surface area (Å²) < 4.78 is 10.7. The summed E-state index contributed by atoms with van der Waals surface area (Å²) >= 11 is 0. The number of imidazole rings is 1. The number of likely N-dealkylation sites (tertiary alicyclic amines) is 1. The van der Waals surface area contributed by atoms with E-state index >= 15 is 0 Å². The minimum absolute atomic E-state index is 0.0505. The Morgan fingerprint density at radius 2 is 2.12 bits per heavy atom. The first kappa shape index (κ1) is 17.3. The van der Waals surface area contributed by atoms with Gasteiger partial charge in [0.1, 0.15) is 5.69 Å². The standard InChI is InChI=1S/C19H25N3O3/c1-24-17-9-7-14(11-18(17)25-2)6-8-15-5-3-4-10-22(15)19(23)16-12-20-13-21-16/h7,9,11-13,15H,3-6,8,10H2,1-2H3,(H,20,21). The first-order chi connectivity index (χ1) is 12.2. The number of rotatable bonds is 6. The first-order valence-corrected chi connectivity index (χ1v) is 8.73. The van der Waals surface area contributed by atoms with Crippen molar-refractivity contribution < 1.29 is 14.3 Å². The number of aromatic amines is 1. The van der Waals surface area contributed by atoms with Crippen LogP contribution in [-0.4, -0.2) is 47.6 Å². The zero-order chi connectivity index (χ0) is 17.6. The number of amides is 1. The van der Waals surface area contributed by atoms with Crippen LogP contribution in [-0.2, 0) is 6.42 Å². The molecule has 0 bridgehead atoms. The minimum Gasteiger partial charge on any atom is -0.493 e. The normalized spacial score (nSPS) is 17.4. The number of nitrogens with zero attached hydrogens (tertiary/aromatic N) is 2. The summed E-state index contributed by atoms with van der Waals surface area (Å²) in [4.78, 5) is 21.6. The highest BCUT2D eigenvalue weighted by Gasteiger charge is 2.27. The molecule has 2 aromatic rings. The van der Waals surface area contributed by atoms with Crippen molar-refractivity contribution in [2.75, 3.05) is 20.8 Å². The molecule has 1 aromatic heterocycles. The molecule has 1 aliphatic heterocycles. The van der Waals surface area contributed by atoms with E-state index in [1.54, 1.807) is 26.7 Å². The molecule has 1 amide bonds. The van der Waals surface area contributed by atoms with Gasteiger partial charge in [-0.3, -0.25) is 4.79 Å². The summed E-state index contributed by atoms with van der Waals surface area (Å²) in [5, 5.41) is 0. The van der Waals surface area contributed by atoms with Crippen molar-refractivity contribution in [3.63, 3.8) is 0 Å². The molecular weight excluding hydrogens is 318 g/mol. The molecule has 6 heteroatoms. The van der Waals surface area contributed by atoms with Gasteiger partial charge in [-0.1, -0.05) is 6.07 Å². The third-order valence-electron chi connectivity index (χ3n) is 4.83. The van der Waals surface area contributed by atoms with Crippen molar-refractivity contribution in [3.8, 4) is 11.5 Å². The Kier molecular flexibility index (Phi) is 5.58. The molecule has 0 saturated carbocycles. The number of carbonyl (C=O) groups is 1. The van der Waals surface area contributed by atoms with E-state index in [0.29, 0.717) is 5.69 Å². The van der Waals surface area contributed by atoms with Crippen molar-refractivity contribution in [2.45, 2.75) is 38.1 Å². The number of methoxy groups -OCH3 is 2. The second-order valence-corrected chi connectivity index (χ2v) is 6.34. The maximum absolute atomic E-state index is 12.7. The number of hydrogen-bond donors (Lipinski definition) is 1. The highest BCUT2D eigenvalue weighted by molar-refractivity contribution is 5.92. The summed E-state index contributed by atoms with van der Waals surface area (Å²) in [6.07, 6.45) is 8.27. The third kappa shape index (κ3) is 3.95. The zero-order valence-electron chi connectivity index (χ0n) is 14.8. The van der Waals surface area contributed by atoms with Crippen LogP contribution in [0.5, 0.6) is 11.5 Å². The predicted octanol–water partition coefficient (Wildman–Crippen LogP) is 3.05. The lowest BCUT2D eigenvalue weighted by molar-refractivity contribution is 0.0596. The van der Waals surface area contributed by atoms with Crippen LogP contribution in [0, 0.1) is 0 Å². The quantitative estimate of drug-likeness (QED) is 0.875. The van der Waals surface area contributed by atoms with E-state index in [9.17, 15) is 4.79 Å². The molecule has 1 saturated heterocycles. The van der Waals surface area contributed by atoms with Crippen LogP contribution in [0.4, 0.5) is 0 Å². The summed E-state index contributed by atoms with van der Waals surface area (Å²) in [5.74, 6) is 1.53. The predicted molar refractivity (Wildman–Crippen MR) is 95.1 cm³/mol. The van der Waals surface area contributed by atoms with Gasteiger partial charge in [0.25, 0.3) is 5.91 Å². The van der Waals surface area contributed by atoms with Gasteiger partial charge in [0.15, 0.2) is 11.5 Å². The topological polar surface area (TPSA) is 67.5 Å². The first-order valence-electron chi connectivity index (χ1n) is 8.73. The number of aryl methyl sites for hydroxylation is 1. The number of hydrogen-bond acceptors (Lipinski definition) is 4. The van der Waals surface area contributed by atoms with Crippen LogP contribution in [0.25, 0.3) is 0 Å². The van der Waals surface area contributed by atoms with Crippen LogP contribution >= 0.6 is 0 Å². The summed E-state index contributed by atoms with van der Waals surface area (Å²) in [6, 6.07) is 6.27.